The first-order valence-corrected chi connectivity index (χ1v) is 7.11. The SMILES string of the molecule is O=C(O)c1ccc(Oc2ccc(Br)cc2Br)c([N+](=O)[O-])c1. The van der Waals surface area contributed by atoms with E-state index in [4.69, 9.17) is 9.84 Å². The van der Waals surface area contributed by atoms with E-state index in [0.29, 0.717) is 10.2 Å². The Hall–Kier alpha value is -1.93. The van der Waals surface area contributed by atoms with Crippen molar-refractivity contribution in [3.05, 3.63) is 61.0 Å². The Labute approximate surface area is 135 Å². The summed E-state index contributed by atoms with van der Waals surface area (Å²) in [6.45, 7) is 0. The number of ether oxygens (including phenoxy) is 1. The van der Waals surface area contributed by atoms with Crippen molar-refractivity contribution >= 4 is 43.5 Å². The van der Waals surface area contributed by atoms with E-state index in [1.165, 1.54) is 12.1 Å². The van der Waals surface area contributed by atoms with Gasteiger partial charge < -0.3 is 9.84 Å². The first-order valence-electron chi connectivity index (χ1n) is 5.53. The monoisotopic (exact) mass is 415 g/mol. The van der Waals surface area contributed by atoms with Gasteiger partial charge in [-0.2, -0.15) is 0 Å². The topological polar surface area (TPSA) is 89.7 Å². The molecule has 0 saturated carbocycles. The van der Waals surface area contributed by atoms with E-state index < -0.39 is 16.6 Å². The van der Waals surface area contributed by atoms with Crippen molar-refractivity contribution in [2.75, 3.05) is 0 Å². The summed E-state index contributed by atoms with van der Waals surface area (Å²) >= 11 is 6.57. The summed E-state index contributed by atoms with van der Waals surface area (Å²) in [5, 5.41) is 19.9. The smallest absolute Gasteiger partial charge is 0.335 e. The largest absolute Gasteiger partial charge is 0.478 e. The molecule has 0 bridgehead atoms. The van der Waals surface area contributed by atoms with E-state index >= 15 is 0 Å². The second-order valence-corrected chi connectivity index (χ2v) is 5.69. The van der Waals surface area contributed by atoms with Gasteiger partial charge in [0.05, 0.1) is 15.0 Å². The maximum Gasteiger partial charge on any atom is 0.335 e. The van der Waals surface area contributed by atoms with Gasteiger partial charge in [-0.25, -0.2) is 4.79 Å². The minimum atomic E-state index is -1.24. The van der Waals surface area contributed by atoms with Crippen molar-refractivity contribution in [1.82, 2.24) is 0 Å². The molecule has 2 aromatic carbocycles. The van der Waals surface area contributed by atoms with Crippen LogP contribution in [0.15, 0.2) is 45.3 Å². The summed E-state index contributed by atoms with van der Waals surface area (Å²) in [5.41, 5.74) is -0.589. The average molecular weight is 417 g/mol. The number of aromatic carboxylic acids is 1. The van der Waals surface area contributed by atoms with Crippen molar-refractivity contribution in [3.63, 3.8) is 0 Å². The van der Waals surface area contributed by atoms with Crippen LogP contribution in [-0.4, -0.2) is 16.0 Å². The summed E-state index contributed by atoms with van der Waals surface area (Å²) in [6.07, 6.45) is 0. The molecule has 108 valence electrons. The van der Waals surface area contributed by atoms with Gasteiger partial charge in [0.2, 0.25) is 5.75 Å². The first kappa shape index (κ1) is 15.5. The molecule has 0 saturated heterocycles. The quantitative estimate of drug-likeness (QED) is 0.580. The van der Waals surface area contributed by atoms with E-state index in [1.54, 1.807) is 18.2 Å². The van der Waals surface area contributed by atoms with Crippen molar-refractivity contribution in [3.8, 4) is 11.5 Å². The maximum absolute atomic E-state index is 11.0. The molecule has 0 unspecified atom stereocenters. The highest BCUT2D eigenvalue weighted by Gasteiger charge is 2.19. The molecule has 0 atom stereocenters. The number of benzene rings is 2. The fraction of sp³-hybridized carbons (Fsp3) is 0. The van der Waals surface area contributed by atoms with E-state index in [9.17, 15) is 14.9 Å². The molecule has 0 aliphatic heterocycles. The number of rotatable bonds is 4. The predicted molar refractivity (Wildman–Crippen MR) is 82.0 cm³/mol. The zero-order valence-electron chi connectivity index (χ0n) is 10.2. The summed E-state index contributed by atoms with van der Waals surface area (Å²) in [4.78, 5) is 21.2. The molecule has 0 radical (unpaired) electrons. The number of hydrogen-bond acceptors (Lipinski definition) is 4. The Kier molecular flexibility index (Phi) is 4.59. The van der Waals surface area contributed by atoms with Crippen LogP contribution in [0.5, 0.6) is 11.5 Å². The third-order valence-electron chi connectivity index (χ3n) is 2.52. The van der Waals surface area contributed by atoms with Gasteiger partial charge in [-0.15, -0.1) is 0 Å². The van der Waals surface area contributed by atoms with E-state index in [0.717, 1.165) is 10.5 Å². The van der Waals surface area contributed by atoms with Crippen LogP contribution < -0.4 is 4.74 Å². The molecule has 6 nitrogen and oxygen atoms in total. The molecule has 0 aliphatic rings. The predicted octanol–water partition coefficient (Wildman–Crippen LogP) is 4.61. The van der Waals surface area contributed by atoms with Gasteiger partial charge in [-0.05, 0) is 46.3 Å². The van der Waals surface area contributed by atoms with Gasteiger partial charge in [-0.1, -0.05) is 15.9 Å². The Morgan fingerprint density at radius 1 is 1.14 bits per heavy atom. The Morgan fingerprint density at radius 2 is 1.81 bits per heavy atom. The van der Waals surface area contributed by atoms with Crippen LogP contribution >= 0.6 is 31.9 Å². The van der Waals surface area contributed by atoms with Crippen molar-refractivity contribution < 1.29 is 19.6 Å². The Morgan fingerprint density at radius 3 is 2.38 bits per heavy atom. The van der Waals surface area contributed by atoms with Crippen molar-refractivity contribution in [2.45, 2.75) is 0 Å². The Balaban J connectivity index is 2.44. The van der Waals surface area contributed by atoms with Crippen LogP contribution in [-0.2, 0) is 0 Å². The molecule has 0 amide bonds. The molecule has 1 N–H and O–H groups in total. The molecule has 21 heavy (non-hydrogen) atoms. The summed E-state index contributed by atoms with van der Waals surface area (Å²) in [7, 11) is 0. The first-order chi connectivity index (χ1) is 9.88. The Bertz CT molecular complexity index is 732. The highest BCUT2D eigenvalue weighted by Crippen LogP contribution is 2.36. The number of carbonyl (C=O) groups is 1. The van der Waals surface area contributed by atoms with Gasteiger partial charge >= 0.3 is 11.7 Å². The normalized spacial score (nSPS) is 10.2. The van der Waals surface area contributed by atoms with Crippen LogP contribution in [0, 0.1) is 10.1 Å². The van der Waals surface area contributed by atoms with Crippen LogP contribution in [0.25, 0.3) is 0 Å². The van der Waals surface area contributed by atoms with Gasteiger partial charge in [-0.3, -0.25) is 10.1 Å². The molecule has 8 heteroatoms. The lowest BCUT2D eigenvalue weighted by Gasteiger charge is -2.09. The molecular formula is C13H7Br2NO5. The molecule has 2 aromatic rings. The van der Waals surface area contributed by atoms with E-state index in [2.05, 4.69) is 31.9 Å². The molecule has 0 spiro atoms. The number of halogens is 2. The number of nitro benzene ring substituents is 1. The number of hydrogen-bond donors (Lipinski definition) is 1. The van der Waals surface area contributed by atoms with Crippen molar-refractivity contribution in [1.29, 1.82) is 0 Å². The highest BCUT2D eigenvalue weighted by molar-refractivity contribution is 9.11. The second-order valence-electron chi connectivity index (χ2n) is 3.92. The van der Waals surface area contributed by atoms with Crippen LogP contribution in [0.1, 0.15) is 10.4 Å². The van der Waals surface area contributed by atoms with Gasteiger partial charge in [0.15, 0.2) is 0 Å². The number of nitrogens with zero attached hydrogens (tertiary/aromatic N) is 1. The number of nitro groups is 1. The molecule has 2 rings (SSSR count). The van der Waals surface area contributed by atoms with Gasteiger partial charge in [0.1, 0.15) is 5.75 Å². The van der Waals surface area contributed by atoms with Gasteiger partial charge in [0, 0.05) is 10.5 Å². The lowest BCUT2D eigenvalue weighted by molar-refractivity contribution is -0.385. The maximum atomic E-state index is 11.0. The molecular weight excluding hydrogens is 410 g/mol. The molecule has 0 fully saturated rings. The van der Waals surface area contributed by atoms with E-state index in [1.807, 2.05) is 0 Å². The van der Waals surface area contributed by atoms with Gasteiger partial charge in [0.25, 0.3) is 0 Å². The molecule has 0 aromatic heterocycles. The minimum Gasteiger partial charge on any atom is -0.478 e. The molecule has 0 aliphatic carbocycles. The fourth-order valence-corrected chi connectivity index (χ4v) is 2.68. The zero-order valence-corrected chi connectivity index (χ0v) is 13.4. The minimum absolute atomic E-state index is 0.0342. The van der Waals surface area contributed by atoms with Crippen LogP contribution in [0.4, 0.5) is 5.69 Å². The summed E-state index contributed by atoms with van der Waals surface area (Å²) in [6, 6.07) is 8.55. The summed E-state index contributed by atoms with van der Waals surface area (Å²) < 4.78 is 6.91. The average Bonchev–Trinajstić information content (AvgIpc) is 2.41. The van der Waals surface area contributed by atoms with E-state index in [-0.39, 0.29) is 11.3 Å². The van der Waals surface area contributed by atoms with Crippen LogP contribution in [0.2, 0.25) is 0 Å². The highest BCUT2D eigenvalue weighted by atomic mass is 79.9. The van der Waals surface area contributed by atoms with Crippen molar-refractivity contribution in [2.24, 2.45) is 0 Å². The third kappa shape index (κ3) is 3.59. The fourth-order valence-electron chi connectivity index (χ4n) is 1.56. The third-order valence-corrected chi connectivity index (χ3v) is 3.63. The lowest BCUT2D eigenvalue weighted by Crippen LogP contribution is -2.00. The molecule has 0 heterocycles. The second kappa shape index (κ2) is 6.23. The number of carboxylic acid groups (broad SMARTS) is 1. The number of carboxylic acids is 1. The van der Waals surface area contributed by atoms with Crippen LogP contribution in [0.3, 0.4) is 0 Å². The standard InChI is InChI=1S/C13H7Br2NO5/c14-8-2-4-11(9(15)6-8)21-12-3-1-7(13(17)18)5-10(12)16(19)20/h1-6H,(H,17,18). The summed E-state index contributed by atoms with van der Waals surface area (Å²) in [5.74, 6) is -0.896. The zero-order chi connectivity index (χ0) is 15.6. The lowest BCUT2D eigenvalue weighted by atomic mass is 10.2.